The molecule has 0 saturated heterocycles. The van der Waals surface area contributed by atoms with Crippen LogP contribution in [0.25, 0.3) is 0 Å². The number of hydrogen-bond donors (Lipinski definition) is 2. The first kappa shape index (κ1) is 20.7. The molecule has 0 unspecified atom stereocenters. The molecule has 1 heterocycles. The number of para-hydroxylation sites is 1. The van der Waals surface area contributed by atoms with E-state index in [1.807, 2.05) is 24.3 Å². The number of halogens is 2. The van der Waals surface area contributed by atoms with Crippen molar-refractivity contribution in [1.82, 2.24) is 10.6 Å². The number of nitrogens with one attached hydrogen (secondary N) is 2. The van der Waals surface area contributed by atoms with E-state index in [0.29, 0.717) is 18.7 Å². The van der Waals surface area contributed by atoms with Gasteiger partial charge in [0.25, 0.3) is 5.91 Å². The number of nitrogens with zero attached hydrogens (tertiary/aromatic N) is 2. The van der Waals surface area contributed by atoms with Crippen molar-refractivity contribution in [3.05, 3.63) is 64.1 Å². The molecule has 1 amide bonds. The summed E-state index contributed by atoms with van der Waals surface area (Å²) in [5.41, 5.74) is 3.19. The Kier molecular flexibility index (Phi) is 7.89. The molecule has 0 saturated carbocycles. The van der Waals surface area contributed by atoms with Gasteiger partial charge in [0.1, 0.15) is 0 Å². The van der Waals surface area contributed by atoms with Crippen LogP contribution < -0.4 is 15.5 Å². The highest BCUT2D eigenvalue weighted by molar-refractivity contribution is 14.0. The summed E-state index contributed by atoms with van der Waals surface area (Å²) in [6.45, 7) is 2.06. The van der Waals surface area contributed by atoms with Gasteiger partial charge in [-0.05, 0) is 36.2 Å². The number of amides is 1. The normalized spacial score (nSPS) is 13.0. The second-order valence-electron chi connectivity index (χ2n) is 5.77. The monoisotopic (exact) mass is 528 g/mol. The van der Waals surface area contributed by atoms with Crippen LogP contribution in [0.4, 0.5) is 5.69 Å². The van der Waals surface area contributed by atoms with Gasteiger partial charge in [-0.15, -0.1) is 24.0 Å². The van der Waals surface area contributed by atoms with Crippen LogP contribution in [0, 0.1) is 0 Å². The van der Waals surface area contributed by atoms with Crippen molar-refractivity contribution in [2.45, 2.75) is 6.42 Å². The molecule has 1 aliphatic heterocycles. The minimum absolute atomic E-state index is 0. The third kappa shape index (κ3) is 4.97. The molecule has 0 bridgehead atoms. The smallest absolute Gasteiger partial charge is 0.251 e. The first-order valence-corrected chi connectivity index (χ1v) is 9.08. The standard InChI is InChI=1S/C19H21BrN4O.HI/c1-21-19(24-12-9-14-5-2-3-8-17(14)24)23-11-10-22-18(25)15-6-4-7-16(20)13-15;/h2-8,13H,9-12H2,1H3,(H,21,23)(H,22,25);1H. The number of carbonyl (C=O) groups excluding carboxylic acids is 1. The average Bonchev–Trinajstić information content (AvgIpc) is 3.06. The lowest BCUT2D eigenvalue weighted by Gasteiger charge is -2.22. The number of fused-ring (bicyclic) bond motifs is 1. The van der Waals surface area contributed by atoms with Gasteiger partial charge in [-0.1, -0.05) is 40.2 Å². The van der Waals surface area contributed by atoms with Crippen LogP contribution in [0.2, 0.25) is 0 Å². The number of hydrogen-bond acceptors (Lipinski definition) is 2. The summed E-state index contributed by atoms with van der Waals surface area (Å²) in [7, 11) is 1.78. The quantitative estimate of drug-likeness (QED) is 0.277. The molecular formula is C19H22BrIN4O. The van der Waals surface area contributed by atoms with Gasteiger partial charge in [0.15, 0.2) is 5.96 Å². The van der Waals surface area contributed by atoms with Crippen molar-refractivity contribution in [1.29, 1.82) is 0 Å². The molecule has 26 heavy (non-hydrogen) atoms. The summed E-state index contributed by atoms with van der Waals surface area (Å²) in [6.07, 6.45) is 1.02. The zero-order valence-corrected chi connectivity index (χ0v) is 18.5. The second kappa shape index (κ2) is 9.91. The van der Waals surface area contributed by atoms with Crippen molar-refractivity contribution in [2.24, 2.45) is 4.99 Å². The molecule has 138 valence electrons. The van der Waals surface area contributed by atoms with Crippen LogP contribution in [0.3, 0.4) is 0 Å². The van der Waals surface area contributed by atoms with Gasteiger partial charge >= 0.3 is 0 Å². The highest BCUT2D eigenvalue weighted by Gasteiger charge is 2.22. The van der Waals surface area contributed by atoms with Crippen molar-refractivity contribution < 1.29 is 4.79 Å². The zero-order chi connectivity index (χ0) is 17.6. The summed E-state index contributed by atoms with van der Waals surface area (Å²) in [5.74, 6) is 0.756. The van der Waals surface area contributed by atoms with E-state index in [4.69, 9.17) is 0 Å². The molecule has 0 aromatic heterocycles. The maximum atomic E-state index is 12.1. The minimum Gasteiger partial charge on any atom is -0.354 e. The Morgan fingerprint density at radius 1 is 1.15 bits per heavy atom. The number of aliphatic imine (C=N–C) groups is 1. The van der Waals surface area contributed by atoms with E-state index in [2.05, 4.69) is 54.7 Å². The molecule has 2 aromatic carbocycles. The molecule has 7 heteroatoms. The molecule has 0 radical (unpaired) electrons. The van der Waals surface area contributed by atoms with Crippen LogP contribution in [-0.2, 0) is 6.42 Å². The van der Waals surface area contributed by atoms with E-state index < -0.39 is 0 Å². The van der Waals surface area contributed by atoms with Crippen LogP contribution in [-0.4, -0.2) is 38.5 Å². The fourth-order valence-corrected chi connectivity index (χ4v) is 3.33. The molecule has 5 nitrogen and oxygen atoms in total. The third-order valence-corrected chi connectivity index (χ3v) is 4.63. The van der Waals surface area contributed by atoms with E-state index >= 15 is 0 Å². The van der Waals surface area contributed by atoms with E-state index in [1.165, 1.54) is 11.3 Å². The van der Waals surface area contributed by atoms with Gasteiger partial charge in [-0.3, -0.25) is 9.79 Å². The Balaban J connectivity index is 0.00000243. The summed E-state index contributed by atoms with van der Waals surface area (Å²) in [4.78, 5) is 18.7. The highest BCUT2D eigenvalue weighted by atomic mass is 127. The van der Waals surface area contributed by atoms with E-state index in [-0.39, 0.29) is 29.9 Å². The van der Waals surface area contributed by atoms with Crippen LogP contribution in [0.15, 0.2) is 58.0 Å². The summed E-state index contributed by atoms with van der Waals surface area (Å²) in [5, 5.41) is 6.24. The Hall–Kier alpha value is -1.61. The molecule has 2 aromatic rings. The molecule has 2 N–H and O–H groups in total. The molecule has 0 aliphatic carbocycles. The lowest BCUT2D eigenvalue weighted by molar-refractivity contribution is 0.0954. The highest BCUT2D eigenvalue weighted by Crippen LogP contribution is 2.27. The van der Waals surface area contributed by atoms with E-state index in [1.54, 1.807) is 13.1 Å². The zero-order valence-electron chi connectivity index (χ0n) is 14.5. The van der Waals surface area contributed by atoms with Gasteiger partial charge in [0, 0.05) is 42.4 Å². The van der Waals surface area contributed by atoms with Gasteiger partial charge in [-0.2, -0.15) is 0 Å². The first-order valence-electron chi connectivity index (χ1n) is 8.29. The molecular weight excluding hydrogens is 507 g/mol. The topological polar surface area (TPSA) is 56.7 Å². The lowest BCUT2D eigenvalue weighted by atomic mass is 10.2. The van der Waals surface area contributed by atoms with Crippen molar-refractivity contribution >= 4 is 57.5 Å². The van der Waals surface area contributed by atoms with E-state index in [0.717, 1.165) is 23.4 Å². The largest absolute Gasteiger partial charge is 0.354 e. The summed E-state index contributed by atoms with van der Waals surface area (Å²) in [6, 6.07) is 15.7. The fraction of sp³-hybridized carbons (Fsp3) is 0.263. The molecule has 1 aliphatic rings. The van der Waals surface area contributed by atoms with Gasteiger partial charge < -0.3 is 15.5 Å². The first-order chi connectivity index (χ1) is 12.2. The van der Waals surface area contributed by atoms with Gasteiger partial charge in [0.05, 0.1) is 0 Å². The Labute approximate surface area is 179 Å². The van der Waals surface area contributed by atoms with Gasteiger partial charge in [0.2, 0.25) is 0 Å². The minimum atomic E-state index is -0.0791. The number of guanidine groups is 1. The Morgan fingerprint density at radius 3 is 2.69 bits per heavy atom. The number of benzene rings is 2. The fourth-order valence-electron chi connectivity index (χ4n) is 2.94. The number of carbonyl (C=O) groups is 1. The molecule has 0 spiro atoms. The number of rotatable bonds is 4. The predicted molar refractivity (Wildman–Crippen MR) is 121 cm³/mol. The molecule has 0 atom stereocenters. The number of anilines is 1. The second-order valence-corrected chi connectivity index (χ2v) is 6.69. The molecule has 3 rings (SSSR count). The van der Waals surface area contributed by atoms with Crippen LogP contribution in [0.5, 0.6) is 0 Å². The maximum absolute atomic E-state index is 12.1. The Bertz CT molecular complexity index is 797. The summed E-state index contributed by atoms with van der Waals surface area (Å²) < 4.78 is 0.895. The predicted octanol–water partition coefficient (Wildman–Crippen LogP) is 3.44. The van der Waals surface area contributed by atoms with Crippen molar-refractivity contribution in [2.75, 3.05) is 31.6 Å². The molecule has 0 fully saturated rings. The van der Waals surface area contributed by atoms with Crippen LogP contribution in [0.1, 0.15) is 15.9 Å². The average molecular weight is 529 g/mol. The Morgan fingerprint density at radius 2 is 1.92 bits per heavy atom. The van der Waals surface area contributed by atoms with Crippen molar-refractivity contribution in [3.63, 3.8) is 0 Å². The summed E-state index contributed by atoms with van der Waals surface area (Å²) >= 11 is 3.38. The van der Waals surface area contributed by atoms with Gasteiger partial charge in [-0.25, -0.2) is 0 Å². The van der Waals surface area contributed by atoms with Crippen LogP contribution >= 0.6 is 39.9 Å². The third-order valence-electron chi connectivity index (χ3n) is 4.14. The van der Waals surface area contributed by atoms with Crippen molar-refractivity contribution in [3.8, 4) is 0 Å². The lowest BCUT2D eigenvalue weighted by Crippen LogP contribution is -2.43. The SMILES string of the molecule is CN=C(NCCNC(=O)c1cccc(Br)c1)N1CCc2ccccc21.I. The maximum Gasteiger partial charge on any atom is 0.251 e. The van der Waals surface area contributed by atoms with E-state index in [9.17, 15) is 4.79 Å².